The zero-order valence-electron chi connectivity index (χ0n) is 13.6. The lowest BCUT2D eigenvalue weighted by Gasteiger charge is -2.31. The normalized spacial score (nSPS) is 17.9. The molecule has 0 aliphatic carbocycles. The molecular weight excluding hydrogens is 313 g/mol. The first-order valence-corrected chi connectivity index (χ1v) is 8.12. The van der Waals surface area contributed by atoms with Crippen LogP contribution < -0.4 is 0 Å². The maximum Gasteiger partial charge on any atom is 0.253 e. The smallest absolute Gasteiger partial charge is 0.253 e. The van der Waals surface area contributed by atoms with Gasteiger partial charge in [-0.1, -0.05) is 5.16 Å². The molecule has 0 radical (unpaired) electrons. The van der Waals surface area contributed by atoms with Crippen LogP contribution in [-0.2, 0) is 11.3 Å². The number of benzene rings is 1. The van der Waals surface area contributed by atoms with Crippen molar-refractivity contribution in [3.8, 4) is 0 Å². The van der Waals surface area contributed by atoms with Gasteiger partial charge in [-0.2, -0.15) is 4.98 Å². The molecule has 1 saturated heterocycles. The van der Waals surface area contributed by atoms with Crippen LogP contribution in [0.15, 0.2) is 28.8 Å². The first-order valence-electron chi connectivity index (χ1n) is 8.12. The third-order valence-electron chi connectivity index (χ3n) is 4.08. The third-order valence-corrected chi connectivity index (χ3v) is 4.08. The van der Waals surface area contributed by atoms with Crippen LogP contribution in [0.1, 0.15) is 47.8 Å². The van der Waals surface area contributed by atoms with Gasteiger partial charge in [-0.05, 0) is 44.0 Å². The van der Waals surface area contributed by atoms with Crippen molar-refractivity contribution >= 4 is 5.91 Å². The molecule has 3 rings (SSSR count). The summed E-state index contributed by atoms with van der Waals surface area (Å²) in [5.41, 5.74) is 0.488. The quantitative estimate of drug-likeness (QED) is 0.841. The van der Waals surface area contributed by atoms with Crippen LogP contribution in [0.25, 0.3) is 0 Å². The van der Waals surface area contributed by atoms with Gasteiger partial charge in [-0.15, -0.1) is 0 Å². The highest BCUT2D eigenvalue weighted by Crippen LogP contribution is 2.26. The lowest BCUT2D eigenvalue weighted by atomic mass is 9.96. The Labute approximate surface area is 139 Å². The largest absolute Gasteiger partial charge is 0.372 e. The summed E-state index contributed by atoms with van der Waals surface area (Å²) in [5.74, 6) is 0.659. The van der Waals surface area contributed by atoms with E-state index in [1.54, 1.807) is 4.90 Å². The minimum atomic E-state index is -0.350. The molecule has 0 N–H and O–H groups in total. The van der Waals surface area contributed by atoms with E-state index in [9.17, 15) is 9.18 Å². The molecule has 1 aromatic heterocycles. The molecule has 0 bridgehead atoms. The van der Waals surface area contributed by atoms with Crippen LogP contribution >= 0.6 is 0 Å². The number of likely N-dealkylation sites (tertiary alicyclic amines) is 1. The Bertz CT molecular complexity index is 687. The number of hydrogen-bond donors (Lipinski definition) is 0. The number of hydrogen-bond acceptors (Lipinski definition) is 5. The second-order valence-electron chi connectivity index (χ2n) is 5.78. The van der Waals surface area contributed by atoms with E-state index in [0.717, 1.165) is 12.8 Å². The molecule has 128 valence electrons. The minimum absolute atomic E-state index is 0.0438. The summed E-state index contributed by atoms with van der Waals surface area (Å²) in [6.45, 7) is 3.99. The summed E-state index contributed by atoms with van der Waals surface area (Å²) in [5, 5.41) is 4.02. The molecule has 1 amide bonds. The van der Waals surface area contributed by atoms with E-state index in [0.29, 0.717) is 43.6 Å². The van der Waals surface area contributed by atoms with Gasteiger partial charge in [0.1, 0.15) is 12.4 Å². The maximum atomic E-state index is 13.0. The van der Waals surface area contributed by atoms with Crippen molar-refractivity contribution in [2.24, 2.45) is 0 Å². The number of amides is 1. The van der Waals surface area contributed by atoms with E-state index in [4.69, 9.17) is 9.26 Å². The van der Waals surface area contributed by atoms with Crippen LogP contribution in [0.4, 0.5) is 4.39 Å². The molecule has 0 spiro atoms. The van der Waals surface area contributed by atoms with Gasteiger partial charge in [0.05, 0.1) is 0 Å². The number of carbonyl (C=O) groups excluding carboxylic acids is 1. The Morgan fingerprint density at radius 1 is 1.42 bits per heavy atom. The molecule has 1 aliphatic heterocycles. The van der Waals surface area contributed by atoms with E-state index < -0.39 is 0 Å². The van der Waals surface area contributed by atoms with E-state index in [2.05, 4.69) is 10.1 Å². The van der Waals surface area contributed by atoms with Gasteiger partial charge in [0.25, 0.3) is 11.8 Å². The SMILES string of the molecule is CCOCc1nc(C2CCCN(C(=O)c3ccc(F)cc3)C2)no1. The van der Waals surface area contributed by atoms with Gasteiger partial charge in [-0.25, -0.2) is 4.39 Å². The number of piperidine rings is 1. The Morgan fingerprint density at radius 2 is 2.21 bits per heavy atom. The molecule has 0 saturated carbocycles. The predicted molar refractivity (Wildman–Crippen MR) is 83.9 cm³/mol. The Kier molecular flexibility index (Phi) is 5.20. The summed E-state index contributed by atoms with van der Waals surface area (Å²) in [6.07, 6.45) is 1.77. The first kappa shape index (κ1) is 16.6. The standard InChI is InChI=1S/C17H20FN3O3/c1-2-23-11-15-19-16(20-24-15)13-4-3-9-21(10-13)17(22)12-5-7-14(18)8-6-12/h5-8,13H,2-4,9-11H2,1H3. The fourth-order valence-electron chi connectivity index (χ4n) is 2.83. The highest BCUT2D eigenvalue weighted by molar-refractivity contribution is 5.94. The molecule has 2 aromatic rings. The van der Waals surface area contributed by atoms with E-state index in [-0.39, 0.29) is 17.6 Å². The third kappa shape index (κ3) is 3.79. The molecule has 6 nitrogen and oxygen atoms in total. The second-order valence-corrected chi connectivity index (χ2v) is 5.78. The average Bonchev–Trinajstić information content (AvgIpc) is 3.09. The molecule has 2 heterocycles. The van der Waals surface area contributed by atoms with Crippen molar-refractivity contribution in [3.63, 3.8) is 0 Å². The van der Waals surface area contributed by atoms with E-state index >= 15 is 0 Å². The van der Waals surface area contributed by atoms with Crippen molar-refractivity contribution in [2.75, 3.05) is 19.7 Å². The summed E-state index contributed by atoms with van der Waals surface area (Å²) in [6, 6.07) is 5.62. The fraction of sp³-hybridized carbons (Fsp3) is 0.471. The number of rotatable bonds is 5. The average molecular weight is 333 g/mol. The lowest BCUT2D eigenvalue weighted by Crippen LogP contribution is -2.39. The number of ether oxygens (including phenoxy) is 1. The molecule has 1 fully saturated rings. The molecule has 1 unspecified atom stereocenters. The van der Waals surface area contributed by atoms with Crippen LogP contribution in [0, 0.1) is 5.82 Å². The van der Waals surface area contributed by atoms with Crippen molar-refractivity contribution < 1.29 is 18.4 Å². The summed E-state index contributed by atoms with van der Waals surface area (Å²) < 4.78 is 23.4. The Hall–Kier alpha value is -2.28. The van der Waals surface area contributed by atoms with Crippen molar-refractivity contribution in [3.05, 3.63) is 47.4 Å². The van der Waals surface area contributed by atoms with Crippen molar-refractivity contribution in [2.45, 2.75) is 32.3 Å². The van der Waals surface area contributed by atoms with Gasteiger partial charge in [0.15, 0.2) is 5.82 Å². The van der Waals surface area contributed by atoms with E-state index in [1.165, 1.54) is 24.3 Å². The summed E-state index contributed by atoms with van der Waals surface area (Å²) in [7, 11) is 0. The van der Waals surface area contributed by atoms with Crippen LogP contribution in [0.5, 0.6) is 0 Å². The number of carbonyl (C=O) groups is 1. The van der Waals surface area contributed by atoms with Crippen molar-refractivity contribution in [1.82, 2.24) is 15.0 Å². The molecular formula is C17H20FN3O3. The Morgan fingerprint density at radius 3 is 2.96 bits per heavy atom. The number of aromatic nitrogens is 2. The summed E-state index contributed by atoms with van der Waals surface area (Å²) in [4.78, 5) is 18.7. The molecule has 7 heteroatoms. The molecule has 1 atom stereocenters. The monoisotopic (exact) mass is 333 g/mol. The zero-order chi connectivity index (χ0) is 16.9. The number of halogens is 1. The molecule has 1 aromatic carbocycles. The first-order chi connectivity index (χ1) is 11.7. The summed E-state index contributed by atoms with van der Waals surface area (Å²) >= 11 is 0. The fourth-order valence-corrected chi connectivity index (χ4v) is 2.83. The highest BCUT2D eigenvalue weighted by Gasteiger charge is 2.28. The van der Waals surface area contributed by atoms with Gasteiger partial charge in [-0.3, -0.25) is 4.79 Å². The van der Waals surface area contributed by atoms with Gasteiger partial charge in [0.2, 0.25) is 0 Å². The van der Waals surface area contributed by atoms with Crippen LogP contribution in [0.3, 0.4) is 0 Å². The topological polar surface area (TPSA) is 68.5 Å². The highest BCUT2D eigenvalue weighted by atomic mass is 19.1. The predicted octanol–water partition coefficient (Wildman–Crippen LogP) is 2.77. The van der Waals surface area contributed by atoms with Gasteiger partial charge in [0, 0.05) is 31.2 Å². The lowest BCUT2D eigenvalue weighted by molar-refractivity contribution is 0.0703. The van der Waals surface area contributed by atoms with Gasteiger partial charge >= 0.3 is 0 Å². The van der Waals surface area contributed by atoms with Gasteiger partial charge < -0.3 is 14.2 Å². The molecule has 24 heavy (non-hydrogen) atoms. The van der Waals surface area contributed by atoms with Crippen LogP contribution in [0.2, 0.25) is 0 Å². The number of nitrogens with zero attached hydrogens (tertiary/aromatic N) is 3. The zero-order valence-corrected chi connectivity index (χ0v) is 13.6. The minimum Gasteiger partial charge on any atom is -0.372 e. The van der Waals surface area contributed by atoms with Crippen LogP contribution in [-0.4, -0.2) is 40.6 Å². The maximum absolute atomic E-state index is 13.0. The van der Waals surface area contributed by atoms with Crippen molar-refractivity contribution in [1.29, 1.82) is 0 Å². The van der Waals surface area contributed by atoms with E-state index in [1.807, 2.05) is 6.92 Å². The second kappa shape index (κ2) is 7.53. The molecule has 1 aliphatic rings. The Balaban J connectivity index is 1.66.